The SMILES string of the molecule is CN(CCN1CCCC1=O)c1c(F)cc(C#N)cc1F. The van der Waals surface area contributed by atoms with E-state index in [1.54, 1.807) is 18.0 Å². The molecule has 1 aromatic carbocycles. The highest BCUT2D eigenvalue weighted by Gasteiger charge is 2.21. The van der Waals surface area contributed by atoms with Crippen molar-refractivity contribution >= 4 is 11.6 Å². The number of anilines is 1. The summed E-state index contributed by atoms with van der Waals surface area (Å²) in [6, 6.07) is 3.73. The highest BCUT2D eigenvalue weighted by Crippen LogP contribution is 2.24. The molecule has 6 heteroatoms. The van der Waals surface area contributed by atoms with Crippen molar-refractivity contribution in [3.63, 3.8) is 0 Å². The molecule has 106 valence electrons. The largest absolute Gasteiger partial charge is 0.368 e. The molecule has 0 atom stereocenters. The fourth-order valence-corrected chi connectivity index (χ4v) is 2.32. The van der Waals surface area contributed by atoms with Gasteiger partial charge in [0.15, 0.2) is 11.6 Å². The van der Waals surface area contributed by atoms with Gasteiger partial charge in [0.1, 0.15) is 5.69 Å². The van der Waals surface area contributed by atoms with Crippen LogP contribution in [0.5, 0.6) is 0 Å². The van der Waals surface area contributed by atoms with Gasteiger partial charge in [-0.05, 0) is 18.6 Å². The lowest BCUT2D eigenvalue weighted by Crippen LogP contribution is -2.34. The van der Waals surface area contributed by atoms with Crippen molar-refractivity contribution in [3.05, 3.63) is 29.3 Å². The first-order valence-corrected chi connectivity index (χ1v) is 6.41. The number of carbonyl (C=O) groups is 1. The van der Waals surface area contributed by atoms with E-state index in [4.69, 9.17) is 5.26 Å². The Morgan fingerprint density at radius 3 is 2.55 bits per heavy atom. The van der Waals surface area contributed by atoms with Gasteiger partial charge >= 0.3 is 0 Å². The fraction of sp³-hybridized carbons (Fsp3) is 0.429. The fourth-order valence-electron chi connectivity index (χ4n) is 2.32. The second-order valence-electron chi connectivity index (χ2n) is 4.81. The second kappa shape index (κ2) is 5.87. The summed E-state index contributed by atoms with van der Waals surface area (Å²) in [5.74, 6) is -1.45. The highest BCUT2D eigenvalue weighted by molar-refractivity contribution is 5.78. The van der Waals surface area contributed by atoms with Crippen LogP contribution in [0.4, 0.5) is 14.5 Å². The van der Waals surface area contributed by atoms with Crippen LogP contribution in [-0.4, -0.2) is 37.5 Å². The average molecular weight is 279 g/mol. The van der Waals surface area contributed by atoms with Gasteiger partial charge in [-0.3, -0.25) is 4.79 Å². The van der Waals surface area contributed by atoms with E-state index in [1.165, 1.54) is 4.90 Å². The molecule has 0 N–H and O–H groups in total. The van der Waals surface area contributed by atoms with Crippen molar-refractivity contribution in [2.45, 2.75) is 12.8 Å². The molecule has 0 unspecified atom stereocenters. The third-order valence-electron chi connectivity index (χ3n) is 3.40. The molecule has 0 aromatic heterocycles. The predicted molar refractivity (Wildman–Crippen MR) is 70.2 cm³/mol. The average Bonchev–Trinajstić information content (AvgIpc) is 2.81. The van der Waals surface area contributed by atoms with Crippen LogP contribution in [0, 0.1) is 23.0 Å². The van der Waals surface area contributed by atoms with Crippen molar-refractivity contribution in [2.24, 2.45) is 0 Å². The highest BCUT2D eigenvalue weighted by atomic mass is 19.1. The minimum Gasteiger partial charge on any atom is -0.368 e. The molecule has 0 bridgehead atoms. The summed E-state index contributed by atoms with van der Waals surface area (Å²) in [6.45, 7) is 1.48. The Morgan fingerprint density at radius 1 is 1.40 bits per heavy atom. The van der Waals surface area contributed by atoms with Crippen LogP contribution in [0.15, 0.2) is 12.1 Å². The third-order valence-corrected chi connectivity index (χ3v) is 3.40. The van der Waals surface area contributed by atoms with Gasteiger partial charge in [-0.1, -0.05) is 0 Å². The van der Waals surface area contributed by atoms with Crippen LogP contribution in [0.2, 0.25) is 0 Å². The first-order chi connectivity index (χ1) is 9.52. The molecule has 1 aliphatic heterocycles. The maximum Gasteiger partial charge on any atom is 0.222 e. The van der Waals surface area contributed by atoms with Gasteiger partial charge in [-0.15, -0.1) is 0 Å². The van der Waals surface area contributed by atoms with E-state index in [-0.39, 0.29) is 17.2 Å². The van der Waals surface area contributed by atoms with Crippen molar-refractivity contribution in [1.29, 1.82) is 5.26 Å². The van der Waals surface area contributed by atoms with Gasteiger partial charge in [0.05, 0.1) is 11.6 Å². The number of carbonyl (C=O) groups excluding carboxylic acids is 1. The number of likely N-dealkylation sites (N-methyl/N-ethyl adjacent to an activating group) is 1. The Hall–Kier alpha value is -2.16. The number of nitrogens with zero attached hydrogens (tertiary/aromatic N) is 3. The molecule has 1 heterocycles. The van der Waals surface area contributed by atoms with Crippen LogP contribution in [0.25, 0.3) is 0 Å². The number of benzene rings is 1. The number of amides is 1. The number of likely N-dealkylation sites (tertiary alicyclic amines) is 1. The van der Waals surface area contributed by atoms with Gasteiger partial charge in [0, 0.05) is 33.1 Å². The van der Waals surface area contributed by atoms with Crippen molar-refractivity contribution in [3.8, 4) is 6.07 Å². The number of nitriles is 1. The molecule has 1 aromatic rings. The number of hydrogen-bond donors (Lipinski definition) is 0. The van der Waals surface area contributed by atoms with Crippen LogP contribution in [0.1, 0.15) is 18.4 Å². The van der Waals surface area contributed by atoms with Gasteiger partial charge in [-0.2, -0.15) is 5.26 Å². The van der Waals surface area contributed by atoms with E-state index >= 15 is 0 Å². The molecule has 0 saturated carbocycles. The Kier molecular flexibility index (Phi) is 4.18. The van der Waals surface area contributed by atoms with Crippen molar-refractivity contribution < 1.29 is 13.6 Å². The van der Waals surface area contributed by atoms with E-state index < -0.39 is 11.6 Å². The minimum absolute atomic E-state index is 0.0492. The number of rotatable bonds is 4. The molecule has 1 aliphatic rings. The molecular formula is C14H15F2N3O. The van der Waals surface area contributed by atoms with Gasteiger partial charge < -0.3 is 9.80 Å². The van der Waals surface area contributed by atoms with Gasteiger partial charge in [-0.25, -0.2) is 8.78 Å². The van der Waals surface area contributed by atoms with E-state index in [9.17, 15) is 13.6 Å². The van der Waals surface area contributed by atoms with Crippen LogP contribution in [0.3, 0.4) is 0 Å². The van der Waals surface area contributed by atoms with E-state index in [1.807, 2.05) is 0 Å². The molecule has 4 nitrogen and oxygen atoms in total. The minimum atomic E-state index is -0.767. The van der Waals surface area contributed by atoms with Crippen LogP contribution in [-0.2, 0) is 4.79 Å². The molecule has 20 heavy (non-hydrogen) atoms. The monoisotopic (exact) mass is 279 g/mol. The molecule has 0 radical (unpaired) electrons. The van der Waals surface area contributed by atoms with Gasteiger partial charge in [0.25, 0.3) is 0 Å². The summed E-state index contributed by atoms with van der Waals surface area (Å²) in [6.07, 6.45) is 1.38. The lowest BCUT2D eigenvalue weighted by Gasteiger charge is -2.24. The topological polar surface area (TPSA) is 47.3 Å². The molecule has 2 rings (SSSR count). The Labute approximate surface area is 116 Å². The molecular weight excluding hydrogens is 264 g/mol. The molecule has 1 amide bonds. The lowest BCUT2D eigenvalue weighted by atomic mass is 10.2. The first kappa shape index (κ1) is 14.3. The second-order valence-corrected chi connectivity index (χ2v) is 4.81. The summed E-state index contributed by atoms with van der Waals surface area (Å²) < 4.78 is 27.6. The van der Waals surface area contributed by atoms with E-state index in [0.29, 0.717) is 26.1 Å². The summed E-state index contributed by atoms with van der Waals surface area (Å²) in [4.78, 5) is 14.6. The smallest absolute Gasteiger partial charge is 0.222 e. The van der Waals surface area contributed by atoms with Crippen LogP contribution >= 0.6 is 0 Å². The third kappa shape index (κ3) is 2.87. The summed E-state index contributed by atoms with van der Waals surface area (Å²) in [5, 5.41) is 8.65. The summed E-state index contributed by atoms with van der Waals surface area (Å²) in [7, 11) is 1.56. The predicted octanol–water partition coefficient (Wildman–Crippen LogP) is 1.90. The molecule has 1 fully saturated rings. The first-order valence-electron chi connectivity index (χ1n) is 6.41. The number of hydrogen-bond acceptors (Lipinski definition) is 3. The van der Waals surface area contributed by atoms with Crippen LogP contribution < -0.4 is 4.90 Å². The lowest BCUT2D eigenvalue weighted by molar-refractivity contribution is -0.127. The Bertz CT molecular complexity index is 545. The molecule has 0 aliphatic carbocycles. The number of halogens is 2. The normalized spacial score (nSPS) is 14.5. The zero-order valence-corrected chi connectivity index (χ0v) is 11.2. The summed E-state index contributed by atoms with van der Waals surface area (Å²) >= 11 is 0. The summed E-state index contributed by atoms with van der Waals surface area (Å²) in [5.41, 5.74) is -0.220. The Morgan fingerprint density at radius 2 is 2.05 bits per heavy atom. The molecule has 1 saturated heterocycles. The quantitative estimate of drug-likeness (QED) is 0.845. The zero-order chi connectivity index (χ0) is 14.7. The van der Waals surface area contributed by atoms with Gasteiger partial charge in [0.2, 0.25) is 5.91 Å². The maximum atomic E-state index is 13.8. The maximum absolute atomic E-state index is 13.8. The standard InChI is InChI=1S/C14H15F2N3O/c1-18(5-6-19-4-2-3-13(19)20)14-11(15)7-10(9-17)8-12(14)16/h7-8H,2-6H2,1H3. The zero-order valence-electron chi connectivity index (χ0n) is 11.2. The van der Waals surface area contributed by atoms with Crippen molar-refractivity contribution in [2.75, 3.05) is 31.6 Å². The van der Waals surface area contributed by atoms with E-state index in [2.05, 4.69) is 0 Å². The van der Waals surface area contributed by atoms with Crippen molar-refractivity contribution in [1.82, 2.24) is 4.90 Å². The van der Waals surface area contributed by atoms with E-state index in [0.717, 1.165) is 18.6 Å². The Balaban J connectivity index is 2.07. The molecule has 0 spiro atoms.